The normalized spacial score (nSPS) is 19.5. The number of hydrogen-bond donors (Lipinski definition) is 1. The highest BCUT2D eigenvalue weighted by molar-refractivity contribution is 5.98. The largest absolute Gasteiger partial charge is 0.327 e. The molecule has 0 radical (unpaired) electrons. The number of nitrogens with one attached hydrogen (secondary N) is 1. The van der Waals surface area contributed by atoms with Gasteiger partial charge in [-0.05, 0) is 31.5 Å². The number of nitrogens with zero attached hydrogens (tertiary/aromatic N) is 1. The van der Waals surface area contributed by atoms with Crippen molar-refractivity contribution in [3.63, 3.8) is 0 Å². The van der Waals surface area contributed by atoms with E-state index in [0.29, 0.717) is 16.8 Å². The number of carbonyl (C=O) groups is 2. The zero-order valence-electron chi connectivity index (χ0n) is 11.0. The van der Waals surface area contributed by atoms with E-state index < -0.39 is 6.04 Å². The minimum atomic E-state index is -0.526. The minimum Gasteiger partial charge on any atom is -0.327 e. The molecule has 100 valence electrons. The third kappa shape index (κ3) is 2.36. The van der Waals surface area contributed by atoms with Crippen LogP contribution < -0.4 is 5.32 Å². The monoisotopic (exact) mass is 262 g/mol. The predicted molar refractivity (Wildman–Crippen MR) is 68.8 cm³/mol. The Balaban J connectivity index is 2.51. The van der Waals surface area contributed by atoms with E-state index in [4.69, 9.17) is 0 Å². The number of carbonyl (C=O) groups excluding carboxylic acids is 2. The van der Waals surface area contributed by atoms with Crippen molar-refractivity contribution >= 4 is 11.8 Å². The molecule has 19 heavy (non-hydrogen) atoms. The third-order valence-electron chi connectivity index (χ3n) is 3.34. The molecule has 2 rings (SSSR count). The number of allylic oxidation sites excluding steroid dienone is 1. The molecule has 0 saturated heterocycles. The second kappa shape index (κ2) is 4.84. The highest BCUT2D eigenvalue weighted by Crippen LogP contribution is 2.30. The lowest BCUT2D eigenvalue weighted by Crippen LogP contribution is -2.45. The number of amides is 2. The zero-order chi connectivity index (χ0) is 14.2. The summed E-state index contributed by atoms with van der Waals surface area (Å²) >= 11 is 0. The average molecular weight is 262 g/mol. The van der Waals surface area contributed by atoms with Gasteiger partial charge in [-0.3, -0.25) is 4.79 Å². The summed E-state index contributed by atoms with van der Waals surface area (Å²) in [6.07, 6.45) is 0. The first-order chi connectivity index (χ1) is 8.91. The first-order valence-electron chi connectivity index (χ1n) is 5.93. The van der Waals surface area contributed by atoms with Crippen molar-refractivity contribution in [2.45, 2.75) is 19.9 Å². The molecule has 0 aliphatic carbocycles. The van der Waals surface area contributed by atoms with Gasteiger partial charge < -0.3 is 10.2 Å². The summed E-state index contributed by atoms with van der Waals surface area (Å²) in [5.41, 5.74) is 1.83. The number of ketones is 1. The smallest absolute Gasteiger partial charge is 0.322 e. The van der Waals surface area contributed by atoms with Crippen LogP contribution in [0, 0.1) is 5.82 Å². The Morgan fingerprint density at radius 3 is 2.42 bits per heavy atom. The number of benzene rings is 1. The standard InChI is InChI=1S/C14H15FN2O2/c1-8-12(9(2)18)13(16-14(19)17(8)3)10-4-6-11(15)7-5-10/h4-7,13H,1-3H3,(H,16,19). The van der Waals surface area contributed by atoms with Gasteiger partial charge in [0.05, 0.1) is 6.04 Å². The molecule has 1 aromatic rings. The van der Waals surface area contributed by atoms with Crippen molar-refractivity contribution in [3.8, 4) is 0 Å². The van der Waals surface area contributed by atoms with Crippen LogP contribution in [0.4, 0.5) is 9.18 Å². The summed E-state index contributed by atoms with van der Waals surface area (Å²) in [7, 11) is 1.61. The second-order valence-electron chi connectivity index (χ2n) is 4.55. The van der Waals surface area contributed by atoms with E-state index in [-0.39, 0.29) is 17.6 Å². The van der Waals surface area contributed by atoms with Crippen LogP contribution in [-0.2, 0) is 4.79 Å². The Morgan fingerprint density at radius 2 is 1.89 bits per heavy atom. The lowest BCUT2D eigenvalue weighted by Gasteiger charge is -2.33. The van der Waals surface area contributed by atoms with Crippen molar-refractivity contribution in [2.75, 3.05) is 7.05 Å². The fourth-order valence-electron chi connectivity index (χ4n) is 2.20. The molecular weight excluding hydrogens is 247 g/mol. The van der Waals surface area contributed by atoms with Crippen LogP contribution in [0.3, 0.4) is 0 Å². The van der Waals surface area contributed by atoms with Crippen molar-refractivity contribution in [1.29, 1.82) is 0 Å². The van der Waals surface area contributed by atoms with E-state index >= 15 is 0 Å². The van der Waals surface area contributed by atoms with Crippen LogP contribution in [0.1, 0.15) is 25.5 Å². The molecule has 0 saturated carbocycles. The number of urea groups is 1. The van der Waals surface area contributed by atoms with Gasteiger partial charge in [-0.15, -0.1) is 0 Å². The lowest BCUT2D eigenvalue weighted by atomic mass is 9.92. The molecule has 0 fully saturated rings. The van der Waals surface area contributed by atoms with Crippen LogP contribution in [-0.4, -0.2) is 23.8 Å². The summed E-state index contributed by atoms with van der Waals surface area (Å²) in [6, 6.07) is 4.96. The van der Waals surface area contributed by atoms with Crippen molar-refractivity contribution in [3.05, 3.63) is 46.9 Å². The minimum absolute atomic E-state index is 0.112. The van der Waals surface area contributed by atoms with Crippen LogP contribution in [0.15, 0.2) is 35.5 Å². The number of Topliss-reactive ketones (excluding diaryl/α,β-unsaturated/α-hetero) is 1. The summed E-state index contributed by atoms with van der Waals surface area (Å²) < 4.78 is 13.0. The maximum atomic E-state index is 13.0. The molecule has 1 heterocycles. The summed E-state index contributed by atoms with van der Waals surface area (Å²) in [5, 5.41) is 2.75. The Kier molecular flexibility index (Phi) is 3.38. The van der Waals surface area contributed by atoms with Gasteiger partial charge in [0.2, 0.25) is 0 Å². The molecule has 0 bridgehead atoms. The highest BCUT2D eigenvalue weighted by Gasteiger charge is 2.32. The summed E-state index contributed by atoms with van der Waals surface area (Å²) in [5.74, 6) is -0.466. The van der Waals surface area contributed by atoms with Crippen LogP contribution in [0.5, 0.6) is 0 Å². The fourth-order valence-corrected chi connectivity index (χ4v) is 2.20. The van der Waals surface area contributed by atoms with Gasteiger partial charge >= 0.3 is 6.03 Å². The first kappa shape index (κ1) is 13.3. The maximum Gasteiger partial charge on any atom is 0.322 e. The van der Waals surface area contributed by atoms with E-state index in [0.717, 1.165) is 0 Å². The van der Waals surface area contributed by atoms with Crippen LogP contribution in [0.2, 0.25) is 0 Å². The molecule has 2 amide bonds. The van der Waals surface area contributed by atoms with Gasteiger partial charge in [0.1, 0.15) is 5.82 Å². The van der Waals surface area contributed by atoms with E-state index in [2.05, 4.69) is 5.32 Å². The zero-order valence-corrected chi connectivity index (χ0v) is 11.0. The molecule has 4 nitrogen and oxygen atoms in total. The molecular formula is C14H15FN2O2. The molecule has 1 unspecified atom stereocenters. The molecule has 1 N–H and O–H groups in total. The fraction of sp³-hybridized carbons (Fsp3) is 0.286. The van der Waals surface area contributed by atoms with E-state index in [1.165, 1.54) is 24.0 Å². The highest BCUT2D eigenvalue weighted by atomic mass is 19.1. The third-order valence-corrected chi connectivity index (χ3v) is 3.34. The van der Waals surface area contributed by atoms with E-state index in [9.17, 15) is 14.0 Å². The molecule has 1 aliphatic heterocycles. The van der Waals surface area contributed by atoms with Gasteiger partial charge in [-0.1, -0.05) is 12.1 Å². The Bertz CT molecular complexity index is 563. The molecule has 1 aliphatic rings. The number of hydrogen-bond acceptors (Lipinski definition) is 2. The second-order valence-corrected chi connectivity index (χ2v) is 4.55. The molecule has 1 atom stereocenters. The Morgan fingerprint density at radius 1 is 1.32 bits per heavy atom. The molecule has 5 heteroatoms. The average Bonchev–Trinajstić information content (AvgIpc) is 2.36. The van der Waals surface area contributed by atoms with Crippen LogP contribution in [0.25, 0.3) is 0 Å². The molecule has 0 aromatic heterocycles. The van der Waals surface area contributed by atoms with E-state index in [1.807, 2.05) is 0 Å². The topological polar surface area (TPSA) is 49.4 Å². The van der Waals surface area contributed by atoms with Crippen LogP contribution >= 0.6 is 0 Å². The van der Waals surface area contributed by atoms with Gasteiger partial charge in [0.15, 0.2) is 5.78 Å². The molecule has 0 spiro atoms. The quantitative estimate of drug-likeness (QED) is 0.889. The first-order valence-corrected chi connectivity index (χ1v) is 5.93. The van der Waals surface area contributed by atoms with Crippen molar-refractivity contribution in [1.82, 2.24) is 10.2 Å². The number of halogens is 1. The van der Waals surface area contributed by atoms with Crippen molar-refractivity contribution in [2.24, 2.45) is 0 Å². The number of rotatable bonds is 2. The summed E-state index contributed by atoms with van der Waals surface area (Å²) in [6.45, 7) is 3.19. The SMILES string of the molecule is CC(=O)C1=C(C)N(C)C(=O)NC1c1ccc(F)cc1. The van der Waals surface area contributed by atoms with Crippen molar-refractivity contribution < 1.29 is 14.0 Å². The van der Waals surface area contributed by atoms with E-state index in [1.54, 1.807) is 26.1 Å². The Hall–Kier alpha value is -2.17. The maximum absolute atomic E-state index is 13.0. The predicted octanol–water partition coefficient (Wildman–Crippen LogP) is 2.38. The summed E-state index contributed by atoms with van der Waals surface area (Å²) in [4.78, 5) is 25.0. The Labute approximate surface area is 110 Å². The lowest BCUT2D eigenvalue weighted by molar-refractivity contribution is -0.114. The van der Waals surface area contributed by atoms with Gasteiger partial charge in [0.25, 0.3) is 0 Å². The van der Waals surface area contributed by atoms with Gasteiger partial charge in [0, 0.05) is 18.3 Å². The van der Waals surface area contributed by atoms with Gasteiger partial charge in [-0.2, -0.15) is 0 Å². The molecule has 1 aromatic carbocycles. The van der Waals surface area contributed by atoms with Gasteiger partial charge in [-0.25, -0.2) is 9.18 Å².